The third-order valence-corrected chi connectivity index (χ3v) is 12.7. The van der Waals surface area contributed by atoms with Crippen molar-refractivity contribution in [3.63, 3.8) is 0 Å². The van der Waals surface area contributed by atoms with Gasteiger partial charge in [0, 0.05) is 49.4 Å². The van der Waals surface area contributed by atoms with E-state index in [2.05, 4.69) is 149 Å². The Morgan fingerprint density at radius 1 is 0.250 bits per heavy atom. The molecule has 0 saturated heterocycles. The van der Waals surface area contributed by atoms with Gasteiger partial charge in [0.05, 0.1) is 27.8 Å². The molecule has 8 heteroatoms. The van der Waals surface area contributed by atoms with E-state index < -0.39 is 0 Å². The normalized spacial score (nSPS) is 11.5. The van der Waals surface area contributed by atoms with Gasteiger partial charge in [-0.05, 0) is 41.5 Å². The first kappa shape index (κ1) is 39.0. The average Bonchev–Trinajstić information content (AvgIpc) is 3.94. The maximum atomic E-state index is 5.38. The van der Waals surface area contributed by atoms with Gasteiger partial charge in [0.2, 0.25) is 5.95 Å². The van der Waals surface area contributed by atoms with E-state index in [9.17, 15) is 0 Å². The topological polar surface area (TPSA) is 87.2 Å². The van der Waals surface area contributed by atoms with Gasteiger partial charge < -0.3 is 4.57 Å². The molecular formula is C60H38N8. The molecule has 0 aliphatic rings. The van der Waals surface area contributed by atoms with E-state index in [1.54, 1.807) is 0 Å². The quantitative estimate of drug-likeness (QED) is 0.151. The number of hydrogen-bond acceptors (Lipinski definition) is 6. The van der Waals surface area contributed by atoms with E-state index in [1.807, 2.05) is 91.0 Å². The van der Waals surface area contributed by atoms with Crippen LogP contribution in [-0.2, 0) is 0 Å². The summed E-state index contributed by atoms with van der Waals surface area (Å²) in [5.74, 6) is 3.49. The zero-order chi connectivity index (χ0) is 45.0. The zero-order valence-corrected chi connectivity index (χ0v) is 36.5. The van der Waals surface area contributed by atoms with Crippen LogP contribution in [-0.4, -0.2) is 39.0 Å². The first-order chi connectivity index (χ1) is 33.7. The second kappa shape index (κ2) is 16.2. The minimum atomic E-state index is 0.535. The molecule has 0 atom stereocenters. The van der Waals surface area contributed by atoms with E-state index in [0.29, 0.717) is 35.1 Å². The molecule has 0 radical (unpaired) electrons. The van der Waals surface area contributed by atoms with Crippen LogP contribution in [0.4, 0.5) is 0 Å². The maximum absolute atomic E-state index is 5.38. The van der Waals surface area contributed by atoms with Crippen molar-refractivity contribution in [3.05, 3.63) is 231 Å². The summed E-state index contributed by atoms with van der Waals surface area (Å²) < 4.78 is 4.58. The molecule has 68 heavy (non-hydrogen) atoms. The van der Waals surface area contributed by atoms with Crippen molar-refractivity contribution in [3.8, 4) is 79.7 Å². The van der Waals surface area contributed by atoms with Gasteiger partial charge in [-0.1, -0.05) is 200 Å². The van der Waals surface area contributed by atoms with Crippen LogP contribution in [0.25, 0.3) is 123 Å². The van der Waals surface area contributed by atoms with E-state index in [1.165, 1.54) is 0 Å². The molecule has 318 valence electrons. The van der Waals surface area contributed by atoms with Gasteiger partial charge in [-0.2, -0.15) is 9.97 Å². The molecule has 0 N–H and O–H groups in total. The molecule has 0 bridgehead atoms. The van der Waals surface area contributed by atoms with Crippen LogP contribution in [0.3, 0.4) is 0 Å². The van der Waals surface area contributed by atoms with Crippen molar-refractivity contribution in [2.24, 2.45) is 0 Å². The highest BCUT2D eigenvalue weighted by Gasteiger charge is 2.25. The Kier molecular flexibility index (Phi) is 9.31. The molecule has 0 aliphatic carbocycles. The minimum Gasteiger partial charge on any atom is -0.308 e. The number of fused-ring (bicyclic) bond motifs is 7. The Bertz CT molecular complexity index is 3960. The molecule has 0 amide bonds. The Labute approximate surface area is 391 Å². The molecular weight excluding hydrogens is 833 g/mol. The molecule has 13 rings (SSSR count). The number of rotatable bonds is 8. The molecule has 13 aromatic rings. The summed E-state index contributed by atoms with van der Waals surface area (Å²) in [6.45, 7) is 0. The van der Waals surface area contributed by atoms with Crippen molar-refractivity contribution < 1.29 is 0 Å². The van der Waals surface area contributed by atoms with Crippen LogP contribution >= 0.6 is 0 Å². The lowest BCUT2D eigenvalue weighted by atomic mass is 9.99. The van der Waals surface area contributed by atoms with Crippen LogP contribution in [0, 0.1) is 0 Å². The van der Waals surface area contributed by atoms with E-state index in [-0.39, 0.29) is 0 Å². The molecule has 0 saturated carbocycles. The highest BCUT2D eigenvalue weighted by Crippen LogP contribution is 2.43. The third-order valence-electron chi connectivity index (χ3n) is 12.7. The van der Waals surface area contributed by atoms with Gasteiger partial charge in [0.1, 0.15) is 0 Å². The number of para-hydroxylation sites is 3. The smallest absolute Gasteiger partial charge is 0.238 e. The maximum Gasteiger partial charge on any atom is 0.238 e. The second-order valence-electron chi connectivity index (χ2n) is 16.7. The Balaban J connectivity index is 1.09. The fourth-order valence-corrected chi connectivity index (χ4v) is 9.61. The Hall–Kier alpha value is -9.40. The van der Waals surface area contributed by atoms with Gasteiger partial charge in [-0.25, -0.2) is 19.9 Å². The lowest BCUT2D eigenvalue weighted by molar-refractivity contribution is 0.953. The van der Waals surface area contributed by atoms with Crippen molar-refractivity contribution in [1.82, 2.24) is 39.0 Å². The molecule has 8 nitrogen and oxygen atoms in total. The van der Waals surface area contributed by atoms with Crippen molar-refractivity contribution in [2.45, 2.75) is 0 Å². The van der Waals surface area contributed by atoms with Crippen LogP contribution in [0.2, 0.25) is 0 Å². The predicted molar refractivity (Wildman–Crippen MR) is 275 cm³/mol. The van der Waals surface area contributed by atoms with Crippen LogP contribution < -0.4 is 0 Å². The SMILES string of the molecule is c1ccc(-c2nc(-c3ccccc3-c3ccccc3)nc(-c3ccccc3-n3c4ccccc4c4ccc5c(c6ccccc6n5-c5nc(-c6ccccc6)nc(-c6ccccc6)n5)c43)n2)cc1. The van der Waals surface area contributed by atoms with E-state index in [0.717, 1.165) is 88.2 Å². The first-order valence-corrected chi connectivity index (χ1v) is 22.6. The number of aromatic nitrogens is 8. The monoisotopic (exact) mass is 870 g/mol. The lowest BCUT2D eigenvalue weighted by Crippen LogP contribution is -2.06. The van der Waals surface area contributed by atoms with Crippen LogP contribution in [0.1, 0.15) is 0 Å². The zero-order valence-electron chi connectivity index (χ0n) is 36.5. The highest BCUT2D eigenvalue weighted by molar-refractivity contribution is 6.26. The fraction of sp³-hybridized carbons (Fsp3) is 0. The number of hydrogen-bond donors (Lipinski definition) is 0. The Morgan fingerprint density at radius 3 is 1.29 bits per heavy atom. The molecule has 0 aliphatic heterocycles. The molecule has 4 heterocycles. The summed E-state index contributed by atoms with van der Waals surface area (Å²) in [7, 11) is 0. The Morgan fingerprint density at radius 2 is 0.676 bits per heavy atom. The molecule has 0 fully saturated rings. The highest BCUT2D eigenvalue weighted by atomic mass is 15.2. The summed E-state index contributed by atoms with van der Waals surface area (Å²) in [6, 6.07) is 79.2. The van der Waals surface area contributed by atoms with Crippen molar-refractivity contribution in [1.29, 1.82) is 0 Å². The summed E-state index contributed by atoms with van der Waals surface area (Å²) in [6.07, 6.45) is 0. The largest absolute Gasteiger partial charge is 0.308 e. The summed E-state index contributed by atoms with van der Waals surface area (Å²) in [5.41, 5.74) is 11.7. The van der Waals surface area contributed by atoms with E-state index in [4.69, 9.17) is 29.9 Å². The molecule has 0 spiro atoms. The van der Waals surface area contributed by atoms with Crippen molar-refractivity contribution in [2.75, 3.05) is 0 Å². The fourth-order valence-electron chi connectivity index (χ4n) is 9.61. The number of benzene rings is 9. The lowest BCUT2D eigenvalue weighted by Gasteiger charge is -2.16. The first-order valence-electron chi connectivity index (χ1n) is 22.6. The van der Waals surface area contributed by atoms with Crippen LogP contribution in [0.5, 0.6) is 0 Å². The summed E-state index contributed by atoms with van der Waals surface area (Å²) >= 11 is 0. The van der Waals surface area contributed by atoms with Gasteiger partial charge in [0.25, 0.3) is 0 Å². The molecule has 9 aromatic carbocycles. The summed E-state index contributed by atoms with van der Waals surface area (Å²) in [4.78, 5) is 31.4. The van der Waals surface area contributed by atoms with Crippen molar-refractivity contribution >= 4 is 43.6 Å². The predicted octanol–water partition coefficient (Wildman–Crippen LogP) is 14.3. The molecule has 4 aromatic heterocycles. The van der Waals surface area contributed by atoms with Crippen LogP contribution in [0.15, 0.2) is 231 Å². The van der Waals surface area contributed by atoms with Gasteiger partial charge >= 0.3 is 0 Å². The summed E-state index contributed by atoms with van der Waals surface area (Å²) in [5, 5.41) is 4.40. The average molecular weight is 871 g/mol. The number of nitrogens with zero attached hydrogens (tertiary/aromatic N) is 8. The van der Waals surface area contributed by atoms with E-state index >= 15 is 0 Å². The molecule has 0 unspecified atom stereocenters. The minimum absolute atomic E-state index is 0.535. The third kappa shape index (κ3) is 6.54. The standard InChI is InChI=1S/C60H38N8/c1-5-21-39(22-6-1)43-29-13-14-31-46(43)58-62-55(40-23-7-2-8-24-40)63-59(64-58)48-33-17-20-36-51(48)67-49-34-18-15-30-44(49)45-37-38-52-53(54(45)67)47-32-16-19-35-50(47)68(52)60-65-56(41-25-9-3-10-26-41)61-57(66-60)42-27-11-4-12-28-42/h1-38H. The van der Waals surface area contributed by atoms with Gasteiger partial charge in [-0.15, -0.1) is 0 Å². The second-order valence-corrected chi connectivity index (χ2v) is 16.7. The van der Waals surface area contributed by atoms with Gasteiger partial charge in [-0.3, -0.25) is 4.57 Å². The van der Waals surface area contributed by atoms with Gasteiger partial charge in [0.15, 0.2) is 29.1 Å².